The molecule has 0 aliphatic carbocycles. The number of hydrogen-bond donors (Lipinski definition) is 0. The van der Waals surface area contributed by atoms with Crippen molar-refractivity contribution in [3.05, 3.63) is 71.8 Å². The van der Waals surface area contributed by atoms with Crippen molar-refractivity contribution < 1.29 is 3.63 Å². The molecular weight excluding hydrogens is 296 g/mol. The summed E-state index contributed by atoms with van der Waals surface area (Å²) < 4.78 is 5.88. The lowest BCUT2D eigenvalue weighted by molar-refractivity contribution is 0.707. The summed E-state index contributed by atoms with van der Waals surface area (Å²) in [6.45, 7) is 4.40. The van der Waals surface area contributed by atoms with E-state index >= 15 is 0 Å². The molecule has 3 heteroatoms. The van der Waals surface area contributed by atoms with Crippen LogP contribution in [0.2, 0.25) is 0 Å². The summed E-state index contributed by atoms with van der Waals surface area (Å²) in [7, 11) is 0. The largest absolute Gasteiger partial charge is 0.246 e. The van der Waals surface area contributed by atoms with Gasteiger partial charge in [-0.05, 0) is 24.0 Å². The Balaban J connectivity index is 1.87. The van der Waals surface area contributed by atoms with E-state index in [1.807, 2.05) is 0 Å². The Bertz CT molecular complexity index is 454. The van der Waals surface area contributed by atoms with Crippen LogP contribution in [0.25, 0.3) is 0 Å². The maximum Gasteiger partial charge on any atom is 0.0570 e. The first-order valence-corrected chi connectivity index (χ1v) is 9.04. The monoisotopic (exact) mass is 318 g/mol. The summed E-state index contributed by atoms with van der Waals surface area (Å²) >= 11 is 3.15. The molecule has 2 rings (SSSR count). The molecule has 0 saturated carbocycles. The maximum absolute atomic E-state index is 5.88. The Morgan fingerprint density at radius 2 is 1.10 bits per heavy atom. The van der Waals surface area contributed by atoms with E-state index in [9.17, 15) is 0 Å². The van der Waals surface area contributed by atoms with Gasteiger partial charge >= 0.3 is 0 Å². The summed E-state index contributed by atoms with van der Waals surface area (Å²) in [5.41, 5.74) is 2.66. The molecule has 0 aromatic heterocycles. The van der Waals surface area contributed by atoms with Crippen LogP contribution in [0.5, 0.6) is 0 Å². The number of rotatable bonds is 8. The number of benzene rings is 2. The van der Waals surface area contributed by atoms with Crippen LogP contribution in [0.4, 0.5) is 0 Å². The van der Waals surface area contributed by atoms with E-state index in [-0.39, 0.29) is 0 Å². The zero-order valence-corrected chi connectivity index (χ0v) is 14.2. The van der Waals surface area contributed by atoms with Gasteiger partial charge in [-0.2, -0.15) is 0 Å². The second-order valence-corrected chi connectivity index (χ2v) is 6.94. The third-order valence-corrected chi connectivity index (χ3v) is 5.70. The molecule has 0 amide bonds. The fraction of sp³-hybridized carbons (Fsp3) is 0.333. The molecule has 0 heterocycles. The van der Waals surface area contributed by atoms with E-state index in [0.29, 0.717) is 10.5 Å². The molecule has 2 atom stereocenters. The lowest BCUT2D eigenvalue weighted by Gasteiger charge is -2.17. The molecule has 2 aromatic carbocycles. The second-order valence-electron chi connectivity index (χ2n) is 4.88. The van der Waals surface area contributed by atoms with E-state index in [1.165, 1.54) is 11.1 Å². The maximum atomic E-state index is 5.88. The molecule has 0 radical (unpaired) electrons. The van der Waals surface area contributed by atoms with Crippen molar-refractivity contribution in [3.63, 3.8) is 0 Å². The van der Waals surface area contributed by atoms with Crippen LogP contribution in [0, 0.1) is 0 Å². The molecule has 1 nitrogen and oxygen atoms in total. The average molecular weight is 319 g/mol. The van der Waals surface area contributed by atoms with Gasteiger partial charge in [-0.25, -0.2) is 3.63 Å². The lowest BCUT2D eigenvalue weighted by Crippen LogP contribution is -1.94. The highest BCUT2D eigenvalue weighted by molar-refractivity contribution is 8.08. The van der Waals surface area contributed by atoms with Crippen molar-refractivity contribution >= 4 is 24.1 Å². The normalized spacial score (nSPS) is 13.8. The summed E-state index contributed by atoms with van der Waals surface area (Å²) in [6.07, 6.45) is 2.13. The first kappa shape index (κ1) is 16.5. The minimum atomic E-state index is 0.395. The molecule has 0 fully saturated rings. The molecular formula is C18H22OS2. The fourth-order valence-electron chi connectivity index (χ4n) is 2.17. The van der Waals surface area contributed by atoms with Gasteiger partial charge in [0, 0.05) is 24.1 Å². The van der Waals surface area contributed by atoms with Gasteiger partial charge in [-0.15, -0.1) is 0 Å². The van der Waals surface area contributed by atoms with Crippen LogP contribution in [0.15, 0.2) is 60.7 Å². The number of hydrogen-bond acceptors (Lipinski definition) is 3. The van der Waals surface area contributed by atoms with E-state index in [2.05, 4.69) is 74.5 Å². The van der Waals surface area contributed by atoms with Gasteiger partial charge in [0.25, 0.3) is 0 Å². The Labute approximate surface area is 136 Å². The summed E-state index contributed by atoms with van der Waals surface area (Å²) in [5, 5.41) is 0.791. The van der Waals surface area contributed by atoms with Gasteiger partial charge < -0.3 is 0 Å². The highest BCUT2D eigenvalue weighted by Crippen LogP contribution is 2.41. The average Bonchev–Trinajstić information content (AvgIpc) is 2.57. The highest BCUT2D eigenvalue weighted by atomic mass is 32.2. The predicted octanol–water partition coefficient (Wildman–Crippen LogP) is 6.60. The van der Waals surface area contributed by atoms with E-state index in [1.54, 1.807) is 24.1 Å². The zero-order valence-electron chi connectivity index (χ0n) is 12.6. The summed E-state index contributed by atoms with van der Waals surface area (Å²) in [6, 6.07) is 21.1. The first-order chi connectivity index (χ1) is 10.3. The van der Waals surface area contributed by atoms with Crippen LogP contribution >= 0.6 is 24.1 Å². The van der Waals surface area contributed by atoms with Gasteiger partial charge in [0.15, 0.2) is 0 Å². The topological polar surface area (TPSA) is 9.23 Å². The van der Waals surface area contributed by atoms with Crippen LogP contribution < -0.4 is 0 Å². The summed E-state index contributed by atoms with van der Waals surface area (Å²) in [5.74, 6) is 0. The molecule has 0 N–H and O–H groups in total. The van der Waals surface area contributed by atoms with Gasteiger partial charge in [0.1, 0.15) is 0 Å². The molecule has 2 unspecified atom stereocenters. The summed E-state index contributed by atoms with van der Waals surface area (Å²) in [4.78, 5) is 0. The van der Waals surface area contributed by atoms with Crippen LogP contribution in [0.1, 0.15) is 48.3 Å². The zero-order chi connectivity index (χ0) is 14.9. The van der Waals surface area contributed by atoms with Gasteiger partial charge in [-0.1, -0.05) is 74.5 Å². The van der Waals surface area contributed by atoms with E-state index < -0.39 is 0 Å². The third kappa shape index (κ3) is 5.10. The Morgan fingerprint density at radius 1 is 0.714 bits per heavy atom. The van der Waals surface area contributed by atoms with E-state index in [4.69, 9.17) is 3.63 Å². The fourth-order valence-corrected chi connectivity index (χ4v) is 3.92. The van der Waals surface area contributed by atoms with Crippen LogP contribution in [0.3, 0.4) is 0 Å². The van der Waals surface area contributed by atoms with Crippen LogP contribution in [-0.4, -0.2) is 0 Å². The quantitative estimate of drug-likeness (QED) is 0.507. The SMILES string of the molecule is CCC(SOSC(CC)c1ccccc1)c1ccccc1. The standard InChI is InChI=1S/C18H22OS2/c1-3-17(15-11-7-5-8-12-15)20-19-21-18(4-2)16-13-9-6-10-14-16/h5-14,17-18H,3-4H2,1-2H3. The van der Waals surface area contributed by atoms with Crippen molar-refractivity contribution in [2.75, 3.05) is 0 Å². The Hall–Kier alpha value is -0.900. The van der Waals surface area contributed by atoms with Gasteiger partial charge in [0.2, 0.25) is 0 Å². The minimum absolute atomic E-state index is 0.395. The molecule has 0 aliphatic heterocycles. The van der Waals surface area contributed by atoms with Crippen molar-refractivity contribution in [1.82, 2.24) is 0 Å². The van der Waals surface area contributed by atoms with Crippen molar-refractivity contribution in [1.29, 1.82) is 0 Å². The van der Waals surface area contributed by atoms with Crippen LogP contribution in [-0.2, 0) is 3.63 Å². The van der Waals surface area contributed by atoms with Crippen molar-refractivity contribution in [3.8, 4) is 0 Å². The Morgan fingerprint density at radius 3 is 1.43 bits per heavy atom. The van der Waals surface area contributed by atoms with Gasteiger partial charge in [0.05, 0.1) is 10.5 Å². The molecule has 0 spiro atoms. The van der Waals surface area contributed by atoms with Crippen molar-refractivity contribution in [2.45, 2.75) is 37.2 Å². The third-order valence-electron chi connectivity index (χ3n) is 3.40. The molecule has 0 aliphatic rings. The highest BCUT2D eigenvalue weighted by Gasteiger charge is 2.14. The smallest absolute Gasteiger partial charge is 0.0570 e. The molecule has 112 valence electrons. The molecule has 0 bridgehead atoms. The second kappa shape index (κ2) is 9.19. The predicted molar refractivity (Wildman–Crippen MR) is 95.2 cm³/mol. The van der Waals surface area contributed by atoms with Crippen molar-refractivity contribution in [2.24, 2.45) is 0 Å². The molecule has 2 aromatic rings. The van der Waals surface area contributed by atoms with E-state index in [0.717, 1.165) is 12.8 Å². The lowest BCUT2D eigenvalue weighted by atomic mass is 10.1. The minimum Gasteiger partial charge on any atom is -0.246 e. The first-order valence-electron chi connectivity index (χ1n) is 7.43. The van der Waals surface area contributed by atoms with Gasteiger partial charge in [-0.3, -0.25) is 0 Å². The Kier molecular flexibility index (Phi) is 7.20. The molecule has 0 saturated heterocycles. The molecule has 21 heavy (non-hydrogen) atoms.